The Morgan fingerprint density at radius 1 is 1.23 bits per heavy atom. The summed E-state index contributed by atoms with van der Waals surface area (Å²) in [6.07, 6.45) is 3.37. The van der Waals surface area contributed by atoms with Crippen molar-refractivity contribution in [3.05, 3.63) is 71.8 Å². The number of alkyl halides is 2. The number of halogens is 2. The van der Waals surface area contributed by atoms with Gasteiger partial charge in [-0.1, -0.05) is 30.9 Å². The van der Waals surface area contributed by atoms with E-state index in [2.05, 4.69) is 21.3 Å². The van der Waals surface area contributed by atoms with E-state index in [0.29, 0.717) is 11.3 Å². The summed E-state index contributed by atoms with van der Waals surface area (Å²) in [6.45, 7) is 2.83. The highest BCUT2D eigenvalue weighted by molar-refractivity contribution is 7.16. The van der Waals surface area contributed by atoms with Gasteiger partial charge in [0.05, 0.1) is 21.4 Å². The molecule has 0 atom stereocenters. The van der Waals surface area contributed by atoms with E-state index in [4.69, 9.17) is 0 Å². The molecule has 3 aromatic rings. The first-order chi connectivity index (χ1) is 12.6. The van der Waals surface area contributed by atoms with Crippen molar-refractivity contribution in [2.45, 2.75) is 13.5 Å². The molecule has 0 bridgehead atoms. The Balaban J connectivity index is 2.15. The molecule has 1 aromatic heterocycles. The lowest BCUT2D eigenvalue weighted by Gasteiger charge is -2.11. The molecule has 26 heavy (non-hydrogen) atoms. The summed E-state index contributed by atoms with van der Waals surface area (Å²) in [5.41, 5.74) is 5.74. The van der Waals surface area contributed by atoms with Gasteiger partial charge in [0.1, 0.15) is 5.75 Å². The van der Waals surface area contributed by atoms with Crippen molar-refractivity contribution in [3.8, 4) is 5.75 Å². The normalized spacial score (nSPS) is 12.6. The first kappa shape index (κ1) is 17.9. The maximum absolute atomic E-state index is 12.5. The van der Waals surface area contributed by atoms with Crippen LogP contribution in [0.25, 0.3) is 21.5 Å². The molecule has 6 heteroatoms. The van der Waals surface area contributed by atoms with Crippen molar-refractivity contribution in [1.29, 1.82) is 0 Å². The Bertz CT molecular complexity index is 992. The molecule has 3 rings (SSSR count). The average molecular weight is 370 g/mol. The Morgan fingerprint density at radius 3 is 2.81 bits per heavy atom. The van der Waals surface area contributed by atoms with Crippen LogP contribution in [0.4, 0.5) is 8.78 Å². The van der Waals surface area contributed by atoms with Crippen molar-refractivity contribution in [3.63, 3.8) is 0 Å². The Labute approximate surface area is 154 Å². The van der Waals surface area contributed by atoms with Crippen molar-refractivity contribution >= 4 is 39.0 Å². The second-order valence-electron chi connectivity index (χ2n) is 5.29. The standard InChI is InChI=1S/C20H16F2N2OS/c1-3-16(13-8-9-17-18(11-13)26-12-24-17)19(23-4-2)14-6-5-7-15(10-14)25-20(21)22/h3-12,20H,1H2,2H3/b19-16+,23-4-. The highest BCUT2D eigenvalue weighted by Gasteiger charge is 2.12. The molecule has 0 saturated carbocycles. The number of aromatic nitrogens is 1. The van der Waals surface area contributed by atoms with E-state index in [1.165, 1.54) is 6.07 Å². The fourth-order valence-corrected chi connectivity index (χ4v) is 3.34. The van der Waals surface area contributed by atoms with Crippen molar-refractivity contribution in [2.24, 2.45) is 4.99 Å². The van der Waals surface area contributed by atoms with E-state index in [9.17, 15) is 8.78 Å². The zero-order chi connectivity index (χ0) is 18.5. The number of benzene rings is 2. The van der Waals surface area contributed by atoms with Gasteiger partial charge < -0.3 is 4.74 Å². The van der Waals surface area contributed by atoms with Gasteiger partial charge in [-0.05, 0) is 36.8 Å². The third-order valence-corrected chi connectivity index (χ3v) is 4.48. The molecular weight excluding hydrogens is 354 g/mol. The second kappa shape index (κ2) is 8.01. The summed E-state index contributed by atoms with van der Waals surface area (Å²) in [4.78, 5) is 8.74. The van der Waals surface area contributed by atoms with Crippen LogP contribution in [0.5, 0.6) is 5.75 Å². The molecule has 0 unspecified atom stereocenters. The second-order valence-corrected chi connectivity index (χ2v) is 6.18. The number of hydrogen-bond acceptors (Lipinski definition) is 4. The maximum Gasteiger partial charge on any atom is 0.387 e. The fraction of sp³-hybridized carbons (Fsp3) is 0.100. The summed E-state index contributed by atoms with van der Waals surface area (Å²) in [7, 11) is 0. The van der Waals surface area contributed by atoms with E-state index in [-0.39, 0.29) is 5.75 Å². The lowest BCUT2D eigenvalue weighted by atomic mass is 9.99. The zero-order valence-electron chi connectivity index (χ0n) is 14.0. The van der Waals surface area contributed by atoms with Gasteiger partial charge in [-0.2, -0.15) is 8.78 Å². The summed E-state index contributed by atoms with van der Waals surface area (Å²) in [6, 6.07) is 12.4. The van der Waals surface area contributed by atoms with Gasteiger partial charge in [-0.15, -0.1) is 11.3 Å². The van der Waals surface area contributed by atoms with Gasteiger partial charge in [0.2, 0.25) is 0 Å². The molecule has 0 saturated heterocycles. The smallest absolute Gasteiger partial charge is 0.387 e. The van der Waals surface area contributed by atoms with Crippen LogP contribution in [-0.4, -0.2) is 17.8 Å². The molecular formula is C20H16F2N2OS. The molecule has 1 heterocycles. The van der Waals surface area contributed by atoms with Gasteiger partial charge in [0.15, 0.2) is 0 Å². The predicted octanol–water partition coefficient (Wildman–Crippen LogP) is 6.04. The monoisotopic (exact) mass is 370 g/mol. The van der Waals surface area contributed by atoms with E-state index in [0.717, 1.165) is 21.4 Å². The molecule has 132 valence electrons. The van der Waals surface area contributed by atoms with Gasteiger partial charge >= 0.3 is 6.61 Å². The number of rotatable bonds is 6. The fourth-order valence-electron chi connectivity index (χ4n) is 2.62. The van der Waals surface area contributed by atoms with Gasteiger partial charge in [-0.3, -0.25) is 4.99 Å². The molecule has 2 aromatic carbocycles. The number of ether oxygens (including phenoxy) is 1. The Hall–Kier alpha value is -2.86. The maximum atomic E-state index is 12.5. The molecule has 3 nitrogen and oxygen atoms in total. The van der Waals surface area contributed by atoms with Crippen molar-refractivity contribution in [2.75, 3.05) is 0 Å². The lowest BCUT2D eigenvalue weighted by Crippen LogP contribution is -2.02. The minimum absolute atomic E-state index is 0.0858. The highest BCUT2D eigenvalue weighted by Crippen LogP contribution is 2.32. The topological polar surface area (TPSA) is 34.5 Å². The SMILES string of the molecule is C=C/C(=C(\N=C/C)c1cccc(OC(F)F)c1)c1ccc2ncsc2c1. The van der Waals surface area contributed by atoms with E-state index >= 15 is 0 Å². The average Bonchev–Trinajstić information content (AvgIpc) is 3.09. The Kier molecular flexibility index (Phi) is 5.53. The van der Waals surface area contributed by atoms with Gasteiger partial charge in [0.25, 0.3) is 0 Å². The number of fused-ring (bicyclic) bond motifs is 1. The molecule has 0 amide bonds. The van der Waals surface area contributed by atoms with E-state index < -0.39 is 6.61 Å². The van der Waals surface area contributed by atoms with Crippen LogP contribution in [0.1, 0.15) is 18.1 Å². The molecule has 0 aliphatic rings. The summed E-state index contributed by atoms with van der Waals surface area (Å²) in [5, 5.41) is 0. The van der Waals surface area contributed by atoms with Crippen LogP contribution in [0.15, 0.2) is 65.6 Å². The van der Waals surface area contributed by atoms with Crippen molar-refractivity contribution in [1.82, 2.24) is 4.98 Å². The minimum atomic E-state index is -2.88. The molecule has 0 aliphatic carbocycles. The van der Waals surface area contributed by atoms with Crippen LogP contribution in [0.2, 0.25) is 0 Å². The molecule has 0 fully saturated rings. The highest BCUT2D eigenvalue weighted by atomic mass is 32.1. The van der Waals surface area contributed by atoms with Crippen LogP contribution in [0, 0.1) is 0 Å². The molecule has 0 aliphatic heterocycles. The predicted molar refractivity (Wildman–Crippen MR) is 104 cm³/mol. The van der Waals surface area contributed by atoms with Gasteiger partial charge in [-0.25, -0.2) is 4.98 Å². The number of aliphatic imine (C=N–C) groups is 1. The van der Waals surface area contributed by atoms with Crippen LogP contribution < -0.4 is 4.74 Å². The first-order valence-electron chi connectivity index (χ1n) is 7.86. The van der Waals surface area contributed by atoms with Crippen LogP contribution >= 0.6 is 11.3 Å². The van der Waals surface area contributed by atoms with Crippen molar-refractivity contribution < 1.29 is 13.5 Å². The number of hydrogen-bond donors (Lipinski definition) is 0. The molecule has 0 radical (unpaired) electrons. The summed E-state index contributed by atoms with van der Waals surface area (Å²) in [5.74, 6) is 0.0858. The van der Waals surface area contributed by atoms with E-state index in [1.54, 1.807) is 54.3 Å². The third-order valence-electron chi connectivity index (χ3n) is 3.69. The number of thiazole rings is 1. The summed E-state index contributed by atoms with van der Waals surface area (Å²) < 4.78 is 30.6. The largest absolute Gasteiger partial charge is 0.435 e. The van der Waals surface area contributed by atoms with Crippen LogP contribution in [0.3, 0.4) is 0 Å². The first-order valence-corrected chi connectivity index (χ1v) is 8.74. The lowest BCUT2D eigenvalue weighted by molar-refractivity contribution is -0.0498. The number of nitrogens with zero attached hydrogens (tertiary/aromatic N) is 2. The quantitative estimate of drug-likeness (QED) is 0.301. The van der Waals surface area contributed by atoms with Gasteiger partial charge in [0, 0.05) is 17.4 Å². The summed E-state index contributed by atoms with van der Waals surface area (Å²) >= 11 is 1.55. The Morgan fingerprint density at radius 2 is 2.08 bits per heavy atom. The zero-order valence-corrected chi connectivity index (χ0v) is 14.8. The number of allylic oxidation sites excluding steroid dienone is 2. The molecule has 0 spiro atoms. The van der Waals surface area contributed by atoms with Crippen LogP contribution in [-0.2, 0) is 0 Å². The van der Waals surface area contributed by atoms with E-state index in [1.807, 2.05) is 18.2 Å². The third kappa shape index (κ3) is 3.86. The molecule has 0 N–H and O–H groups in total. The minimum Gasteiger partial charge on any atom is -0.435 e.